The van der Waals surface area contributed by atoms with Crippen molar-refractivity contribution in [2.24, 2.45) is 5.92 Å². The van der Waals surface area contributed by atoms with Gasteiger partial charge in [0.15, 0.2) is 0 Å². The van der Waals surface area contributed by atoms with E-state index in [1.807, 2.05) is 13.8 Å². The smallest absolute Gasteiger partial charge is 0.0594 e. The van der Waals surface area contributed by atoms with Crippen LogP contribution >= 0.6 is 0 Å². The minimum absolute atomic E-state index is 0.455. The Hall–Kier alpha value is -0.0400. The van der Waals surface area contributed by atoms with Gasteiger partial charge in [-0.25, -0.2) is 0 Å². The zero-order valence-electron chi connectivity index (χ0n) is 9.18. The Morgan fingerprint density at radius 1 is 1.00 bits per heavy atom. The van der Waals surface area contributed by atoms with Crippen LogP contribution in [0.25, 0.3) is 0 Å². The Labute approximate surface area is 82.5 Å². The molecule has 0 heterocycles. The molecule has 1 fully saturated rings. The Morgan fingerprint density at radius 2 is 1.46 bits per heavy atom. The molecule has 0 radical (unpaired) electrons. The van der Waals surface area contributed by atoms with E-state index in [2.05, 4.69) is 0 Å². The Morgan fingerprint density at radius 3 is 1.92 bits per heavy atom. The van der Waals surface area contributed by atoms with Crippen molar-refractivity contribution in [2.75, 3.05) is 0 Å². The summed E-state index contributed by atoms with van der Waals surface area (Å²) in [7, 11) is 0. The molecular formula is C12H24O. The molecule has 0 bridgehead atoms. The molecule has 0 unspecified atom stereocenters. The fourth-order valence-corrected chi connectivity index (χ4v) is 2.45. The third kappa shape index (κ3) is 5.30. The third-order valence-corrected chi connectivity index (χ3v) is 3.01. The summed E-state index contributed by atoms with van der Waals surface area (Å²) >= 11 is 0. The van der Waals surface area contributed by atoms with Gasteiger partial charge in [-0.05, 0) is 26.2 Å². The lowest BCUT2D eigenvalue weighted by molar-refractivity contribution is 0.0478. The predicted octanol–water partition coefficient (Wildman–Crippen LogP) is 3.51. The lowest BCUT2D eigenvalue weighted by Crippen LogP contribution is -2.23. The topological polar surface area (TPSA) is 20.2 Å². The maximum absolute atomic E-state index is 9.73. The fourth-order valence-electron chi connectivity index (χ4n) is 2.45. The SMILES string of the molecule is CC(C)(O)CC1CCCCCCC1. The van der Waals surface area contributed by atoms with Gasteiger partial charge in [-0.15, -0.1) is 0 Å². The molecule has 1 N–H and O–H groups in total. The fraction of sp³-hybridized carbons (Fsp3) is 1.00. The largest absolute Gasteiger partial charge is 0.390 e. The first-order valence-corrected chi connectivity index (χ1v) is 5.80. The van der Waals surface area contributed by atoms with Crippen molar-refractivity contribution in [3.8, 4) is 0 Å². The van der Waals surface area contributed by atoms with Gasteiger partial charge in [0.2, 0.25) is 0 Å². The second-order valence-electron chi connectivity index (χ2n) is 5.23. The van der Waals surface area contributed by atoms with Crippen molar-refractivity contribution in [1.29, 1.82) is 0 Å². The van der Waals surface area contributed by atoms with Crippen LogP contribution in [0.1, 0.15) is 65.2 Å². The minimum atomic E-state index is -0.455. The summed E-state index contributed by atoms with van der Waals surface area (Å²) in [6, 6.07) is 0. The number of hydrogen-bond acceptors (Lipinski definition) is 1. The second kappa shape index (κ2) is 4.99. The van der Waals surface area contributed by atoms with Crippen LogP contribution in [0.2, 0.25) is 0 Å². The quantitative estimate of drug-likeness (QED) is 0.696. The van der Waals surface area contributed by atoms with Gasteiger partial charge in [0.1, 0.15) is 0 Å². The van der Waals surface area contributed by atoms with Crippen LogP contribution in [0.3, 0.4) is 0 Å². The lowest BCUT2D eigenvalue weighted by Gasteiger charge is -2.26. The molecule has 0 aromatic carbocycles. The molecule has 1 nitrogen and oxygen atoms in total. The van der Waals surface area contributed by atoms with Crippen LogP contribution in [-0.4, -0.2) is 10.7 Å². The van der Waals surface area contributed by atoms with Crippen molar-refractivity contribution in [3.63, 3.8) is 0 Å². The summed E-state index contributed by atoms with van der Waals surface area (Å²) < 4.78 is 0. The molecule has 1 aliphatic rings. The Balaban J connectivity index is 2.29. The highest BCUT2D eigenvalue weighted by Gasteiger charge is 2.20. The number of hydrogen-bond donors (Lipinski definition) is 1. The van der Waals surface area contributed by atoms with Crippen molar-refractivity contribution in [3.05, 3.63) is 0 Å². The van der Waals surface area contributed by atoms with Crippen LogP contribution < -0.4 is 0 Å². The maximum atomic E-state index is 9.73. The van der Waals surface area contributed by atoms with Gasteiger partial charge in [0, 0.05) is 0 Å². The van der Waals surface area contributed by atoms with Gasteiger partial charge in [-0.3, -0.25) is 0 Å². The molecule has 0 aliphatic heterocycles. The predicted molar refractivity (Wildman–Crippen MR) is 56.7 cm³/mol. The van der Waals surface area contributed by atoms with E-state index in [9.17, 15) is 5.11 Å². The van der Waals surface area contributed by atoms with Crippen LogP contribution in [-0.2, 0) is 0 Å². The Bertz CT molecular complexity index is 127. The van der Waals surface area contributed by atoms with E-state index in [4.69, 9.17) is 0 Å². The molecular weight excluding hydrogens is 160 g/mol. The molecule has 1 aliphatic carbocycles. The van der Waals surface area contributed by atoms with Crippen molar-refractivity contribution < 1.29 is 5.11 Å². The standard InChI is InChI=1S/C12H24O/c1-12(2,13)10-11-8-6-4-3-5-7-9-11/h11,13H,3-10H2,1-2H3. The highest BCUT2D eigenvalue weighted by molar-refractivity contribution is 4.73. The summed E-state index contributed by atoms with van der Waals surface area (Å²) in [5.41, 5.74) is -0.455. The number of aliphatic hydroxyl groups is 1. The van der Waals surface area contributed by atoms with E-state index in [0.29, 0.717) is 0 Å². The molecule has 0 spiro atoms. The monoisotopic (exact) mass is 184 g/mol. The molecule has 0 amide bonds. The summed E-state index contributed by atoms with van der Waals surface area (Å²) in [5.74, 6) is 0.778. The molecule has 13 heavy (non-hydrogen) atoms. The highest BCUT2D eigenvalue weighted by Crippen LogP contribution is 2.28. The lowest BCUT2D eigenvalue weighted by atomic mass is 9.84. The summed E-state index contributed by atoms with van der Waals surface area (Å²) in [6.45, 7) is 3.87. The second-order valence-corrected chi connectivity index (χ2v) is 5.23. The average molecular weight is 184 g/mol. The zero-order chi connectivity index (χ0) is 9.73. The summed E-state index contributed by atoms with van der Waals surface area (Å²) in [5, 5.41) is 9.73. The van der Waals surface area contributed by atoms with E-state index >= 15 is 0 Å². The van der Waals surface area contributed by atoms with Crippen molar-refractivity contribution in [2.45, 2.75) is 70.8 Å². The molecule has 1 saturated carbocycles. The summed E-state index contributed by atoms with van der Waals surface area (Å²) in [4.78, 5) is 0. The third-order valence-electron chi connectivity index (χ3n) is 3.01. The maximum Gasteiger partial charge on any atom is 0.0594 e. The van der Waals surface area contributed by atoms with Crippen LogP contribution in [0.15, 0.2) is 0 Å². The van der Waals surface area contributed by atoms with Crippen molar-refractivity contribution >= 4 is 0 Å². The average Bonchev–Trinajstić information content (AvgIpc) is 1.92. The molecule has 1 rings (SSSR count). The molecule has 78 valence electrons. The molecule has 1 heteroatoms. The van der Waals surface area contributed by atoms with E-state index < -0.39 is 5.60 Å². The first kappa shape index (κ1) is 11.0. The summed E-state index contributed by atoms with van der Waals surface area (Å²) in [6.07, 6.45) is 10.7. The van der Waals surface area contributed by atoms with Crippen LogP contribution in [0.4, 0.5) is 0 Å². The molecule has 0 aromatic heterocycles. The van der Waals surface area contributed by atoms with Crippen LogP contribution in [0.5, 0.6) is 0 Å². The first-order valence-electron chi connectivity index (χ1n) is 5.80. The van der Waals surface area contributed by atoms with E-state index in [1.54, 1.807) is 0 Å². The van der Waals surface area contributed by atoms with Gasteiger partial charge in [-0.2, -0.15) is 0 Å². The Kier molecular flexibility index (Phi) is 4.24. The normalized spacial score (nSPS) is 22.4. The molecule has 0 saturated heterocycles. The first-order chi connectivity index (χ1) is 6.08. The van der Waals surface area contributed by atoms with Gasteiger partial charge in [0.25, 0.3) is 0 Å². The van der Waals surface area contributed by atoms with E-state index in [0.717, 1.165) is 12.3 Å². The van der Waals surface area contributed by atoms with Crippen molar-refractivity contribution in [1.82, 2.24) is 0 Å². The zero-order valence-corrected chi connectivity index (χ0v) is 9.18. The van der Waals surface area contributed by atoms with Gasteiger partial charge < -0.3 is 5.11 Å². The van der Waals surface area contributed by atoms with Crippen LogP contribution in [0, 0.1) is 5.92 Å². The van der Waals surface area contributed by atoms with Gasteiger partial charge in [0.05, 0.1) is 5.60 Å². The molecule has 0 atom stereocenters. The highest BCUT2D eigenvalue weighted by atomic mass is 16.3. The van der Waals surface area contributed by atoms with Gasteiger partial charge in [-0.1, -0.05) is 44.9 Å². The van der Waals surface area contributed by atoms with Gasteiger partial charge >= 0.3 is 0 Å². The van der Waals surface area contributed by atoms with E-state index in [1.165, 1.54) is 44.9 Å². The minimum Gasteiger partial charge on any atom is -0.390 e. The molecule has 0 aromatic rings. The number of rotatable bonds is 2. The van der Waals surface area contributed by atoms with E-state index in [-0.39, 0.29) is 0 Å².